The molecule has 2 aromatic rings. The van der Waals surface area contributed by atoms with Crippen LogP contribution < -0.4 is 10.6 Å². The second kappa shape index (κ2) is 7.51. The first-order chi connectivity index (χ1) is 10.6. The zero-order valence-electron chi connectivity index (χ0n) is 11.5. The molecule has 0 bridgehead atoms. The second-order valence-corrected chi connectivity index (χ2v) is 5.26. The van der Waals surface area contributed by atoms with E-state index >= 15 is 0 Å². The first-order valence-electron chi connectivity index (χ1n) is 6.44. The van der Waals surface area contributed by atoms with Gasteiger partial charge in [0.2, 0.25) is 0 Å². The fraction of sp³-hybridized carbons (Fsp3) is 0.143. The third-order valence-electron chi connectivity index (χ3n) is 2.78. The monoisotopic (exact) mass is 364 g/mol. The summed E-state index contributed by atoms with van der Waals surface area (Å²) >= 11 is 3.31. The third kappa shape index (κ3) is 4.52. The standard InChI is InChI=1S/C14H13BrN4O3/c15-11-3-1-10(2-4-11)14(20)17-8-7-16-13-6-5-12(9-18-13)19(21)22/h1-6,9H,7-8H2,(H,16,18)(H,17,20). The van der Waals surface area contributed by atoms with Gasteiger partial charge in [0, 0.05) is 29.2 Å². The Morgan fingerprint density at radius 2 is 1.91 bits per heavy atom. The summed E-state index contributed by atoms with van der Waals surface area (Å²) in [5, 5.41) is 16.2. The zero-order chi connectivity index (χ0) is 15.9. The van der Waals surface area contributed by atoms with Crippen LogP contribution in [0.25, 0.3) is 0 Å². The molecule has 1 amide bonds. The highest BCUT2D eigenvalue weighted by Crippen LogP contribution is 2.11. The van der Waals surface area contributed by atoms with Crippen LogP contribution in [0.5, 0.6) is 0 Å². The molecule has 0 aliphatic heterocycles. The maximum atomic E-state index is 11.8. The zero-order valence-corrected chi connectivity index (χ0v) is 13.0. The van der Waals surface area contributed by atoms with Crippen molar-refractivity contribution in [2.24, 2.45) is 0 Å². The minimum Gasteiger partial charge on any atom is -0.368 e. The van der Waals surface area contributed by atoms with Crippen LogP contribution in [0, 0.1) is 10.1 Å². The lowest BCUT2D eigenvalue weighted by Crippen LogP contribution is -2.28. The van der Waals surface area contributed by atoms with Crippen molar-refractivity contribution in [2.75, 3.05) is 18.4 Å². The van der Waals surface area contributed by atoms with E-state index in [0.717, 1.165) is 4.47 Å². The lowest BCUT2D eigenvalue weighted by atomic mass is 10.2. The van der Waals surface area contributed by atoms with Gasteiger partial charge in [0.25, 0.3) is 11.6 Å². The second-order valence-electron chi connectivity index (χ2n) is 4.35. The van der Waals surface area contributed by atoms with E-state index in [1.807, 2.05) is 0 Å². The molecule has 2 N–H and O–H groups in total. The molecule has 8 heteroatoms. The lowest BCUT2D eigenvalue weighted by molar-refractivity contribution is -0.385. The molecular weight excluding hydrogens is 352 g/mol. The highest BCUT2D eigenvalue weighted by molar-refractivity contribution is 9.10. The minimum absolute atomic E-state index is 0.0610. The van der Waals surface area contributed by atoms with Crippen molar-refractivity contribution >= 4 is 33.3 Å². The first kappa shape index (κ1) is 15.9. The maximum Gasteiger partial charge on any atom is 0.287 e. The van der Waals surface area contributed by atoms with Gasteiger partial charge in [0.1, 0.15) is 12.0 Å². The van der Waals surface area contributed by atoms with Crippen molar-refractivity contribution in [3.63, 3.8) is 0 Å². The molecule has 0 fully saturated rings. The predicted molar refractivity (Wildman–Crippen MR) is 85.9 cm³/mol. The van der Waals surface area contributed by atoms with Crippen molar-refractivity contribution < 1.29 is 9.72 Å². The molecule has 22 heavy (non-hydrogen) atoms. The van der Waals surface area contributed by atoms with Gasteiger partial charge in [-0.1, -0.05) is 15.9 Å². The Hall–Kier alpha value is -2.48. The van der Waals surface area contributed by atoms with Gasteiger partial charge in [-0.2, -0.15) is 0 Å². The molecule has 1 heterocycles. The molecule has 2 rings (SSSR count). The van der Waals surface area contributed by atoms with Gasteiger partial charge < -0.3 is 10.6 Å². The van der Waals surface area contributed by atoms with E-state index in [2.05, 4.69) is 31.5 Å². The van der Waals surface area contributed by atoms with Crippen molar-refractivity contribution in [3.8, 4) is 0 Å². The van der Waals surface area contributed by atoms with Crippen LogP contribution in [0.2, 0.25) is 0 Å². The number of rotatable bonds is 6. The quantitative estimate of drug-likeness (QED) is 0.466. The average molecular weight is 365 g/mol. The van der Waals surface area contributed by atoms with Crippen molar-refractivity contribution in [1.29, 1.82) is 0 Å². The fourth-order valence-electron chi connectivity index (χ4n) is 1.67. The van der Waals surface area contributed by atoms with E-state index in [9.17, 15) is 14.9 Å². The molecular formula is C14H13BrN4O3. The number of benzene rings is 1. The first-order valence-corrected chi connectivity index (χ1v) is 7.23. The van der Waals surface area contributed by atoms with Crippen molar-refractivity contribution in [2.45, 2.75) is 0 Å². The Morgan fingerprint density at radius 3 is 2.50 bits per heavy atom. The van der Waals surface area contributed by atoms with Crippen molar-refractivity contribution in [3.05, 3.63) is 62.7 Å². The Labute approximate surface area is 135 Å². The largest absolute Gasteiger partial charge is 0.368 e. The maximum absolute atomic E-state index is 11.8. The van der Waals surface area contributed by atoms with Gasteiger partial charge in [-0.05, 0) is 30.3 Å². The van der Waals surface area contributed by atoms with E-state index in [-0.39, 0.29) is 11.6 Å². The summed E-state index contributed by atoms with van der Waals surface area (Å²) in [5.41, 5.74) is 0.519. The molecule has 0 saturated heterocycles. The Kier molecular flexibility index (Phi) is 5.42. The van der Waals surface area contributed by atoms with Crippen molar-refractivity contribution in [1.82, 2.24) is 10.3 Å². The molecule has 0 aliphatic carbocycles. The number of pyridine rings is 1. The van der Waals surface area contributed by atoms with E-state index in [4.69, 9.17) is 0 Å². The number of halogens is 1. The predicted octanol–water partition coefficient (Wildman–Crippen LogP) is 2.59. The number of hydrogen-bond donors (Lipinski definition) is 2. The summed E-state index contributed by atoms with van der Waals surface area (Å²) in [4.78, 5) is 25.7. The van der Waals surface area contributed by atoms with Gasteiger partial charge in [0.15, 0.2) is 0 Å². The van der Waals surface area contributed by atoms with E-state index in [1.165, 1.54) is 18.3 Å². The number of anilines is 1. The van der Waals surface area contributed by atoms with Crippen LogP contribution in [-0.2, 0) is 0 Å². The molecule has 0 unspecified atom stereocenters. The van der Waals surface area contributed by atoms with Gasteiger partial charge in [-0.15, -0.1) is 0 Å². The highest BCUT2D eigenvalue weighted by atomic mass is 79.9. The molecule has 7 nitrogen and oxygen atoms in total. The normalized spacial score (nSPS) is 10.0. The van der Waals surface area contributed by atoms with Crippen LogP contribution in [0.1, 0.15) is 10.4 Å². The number of amides is 1. The number of nitrogens with one attached hydrogen (secondary N) is 2. The molecule has 0 radical (unpaired) electrons. The fourth-order valence-corrected chi connectivity index (χ4v) is 1.93. The average Bonchev–Trinajstić information content (AvgIpc) is 2.52. The van der Waals surface area contributed by atoms with E-state index < -0.39 is 4.92 Å². The molecule has 1 aromatic carbocycles. The number of carbonyl (C=O) groups is 1. The molecule has 0 aliphatic rings. The van der Waals surface area contributed by atoms with E-state index in [1.54, 1.807) is 24.3 Å². The lowest BCUT2D eigenvalue weighted by Gasteiger charge is -2.07. The summed E-state index contributed by atoms with van der Waals surface area (Å²) in [6.45, 7) is 0.876. The van der Waals surface area contributed by atoms with Gasteiger partial charge in [-0.25, -0.2) is 4.98 Å². The summed E-state index contributed by atoms with van der Waals surface area (Å²) in [7, 11) is 0. The van der Waals surface area contributed by atoms with E-state index in [0.29, 0.717) is 24.5 Å². The summed E-state index contributed by atoms with van der Waals surface area (Å²) in [6, 6.07) is 9.95. The molecule has 114 valence electrons. The Balaban J connectivity index is 1.75. The Morgan fingerprint density at radius 1 is 1.18 bits per heavy atom. The van der Waals surface area contributed by atoms with Crippen LogP contribution in [0.15, 0.2) is 47.1 Å². The van der Waals surface area contributed by atoms with Gasteiger partial charge in [-0.3, -0.25) is 14.9 Å². The summed E-state index contributed by atoms with van der Waals surface area (Å²) in [6.07, 6.45) is 1.18. The molecule has 0 spiro atoms. The number of nitro groups is 1. The molecule has 0 saturated carbocycles. The number of aromatic nitrogens is 1. The SMILES string of the molecule is O=C(NCCNc1ccc([N+](=O)[O-])cn1)c1ccc(Br)cc1. The van der Waals surface area contributed by atoms with Gasteiger partial charge >= 0.3 is 0 Å². The topological polar surface area (TPSA) is 97.2 Å². The van der Waals surface area contributed by atoms with Gasteiger partial charge in [0.05, 0.1) is 4.92 Å². The number of carbonyl (C=O) groups excluding carboxylic acids is 1. The number of nitrogens with zero attached hydrogens (tertiary/aromatic N) is 2. The summed E-state index contributed by atoms with van der Waals surface area (Å²) in [5.74, 6) is 0.356. The molecule has 0 atom stereocenters. The Bertz CT molecular complexity index is 659. The number of hydrogen-bond acceptors (Lipinski definition) is 5. The third-order valence-corrected chi connectivity index (χ3v) is 3.31. The molecule has 1 aromatic heterocycles. The van der Waals surface area contributed by atoms with Crippen LogP contribution in [-0.4, -0.2) is 28.9 Å². The highest BCUT2D eigenvalue weighted by Gasteiger charge is 2.06. The smallest absolute Gasteiger partial charge is 0.287 e. The minimum atomic E-state index is -0.505. The van der Waals surface area contributed by atoms with Crippen LogP contribution in [0.4, 0.5) is 11.5 Å². The summed E-state index contributed by atoms with van der Waals surface area (Å²) < 4.78 is 0.912. The van der Waals surface area contributed by atoms with Crippen LogP contribution >= 0.6 is 15.9 Å². The van der Waals surface area contributed by atoms with Crippen LogP contribution in [0.3, 0.4) is 0 Å².